The van der Waals surface area contributed by atoms with E-state index in [4.69, 9.17) is 14.1 Å². The molecule has 0 spiro atoms. The zero-order chi connectivity index (χ0) is 20.6. The van der Waals surface area contributed by atoms with E-state index in [1.165, 1.54) is 0 Å². The number of rotatable bonds is 9. The minimum Gasteiger partial charge on any atom is -0.535 e. The monoisotopic (exact) mass is 403 g/mol. The Morgan fingerprint density at radius 1 is 1.31 bits per heavy atom. The lowest BCUT2D eigenvalue weighted by molar-refractivity contribution is -0.119. The van der Waals surface area contributed by atoms with Gasteiger partial charge in [-0.3, -0.25) is 9.69 Å². The van der Waals surface area contributed by atoms with Gasteiger partial charge in [0.05, 0.1) is 13.2 Å². The van der Waals surface area contributed by atoms with Gasteiger partial charge in [-0.05, 0) is 24.5 Å². The van der Waals surface area contributed by atoms with Crippen molar-refractivity contribution in [1.82, 2.24) is 4.90 Å². The number of hydrogen-bond acceptors (Lipinski definition) is 7. The van der Waals surface area contributed by atoms with Crippen molar-refractivity contribution in [2.24, 2.45) is 0 Å². The molecule has 0 aliphatic carbocycles. The zero-order valence-corrected chi connectivity index (χ0v) is 17.1. The SMILES string of the molecule is CCCCC(=O)C[C@H]1Cc2cccc(C(=O)OCCN3CCOCC3)c2OB1O. The average Bonchev–Trinajstić information content (AvgIpc) is 2.73. The molecule has 2 aliphatic rings. The highest BCUT2D eigenvalue weighted by molar-refractivity contribution is 6.47. The Labute approximate surface area is 172 Å². The molecule has 3 rings (SSSR count). The van der Waals surface area contributed by atoms with Gasteiger partial charge in [-0.1, -0.05) is 25.5 Å². The van der Waals surface area contributed by atoms with Gasteiger partial charge < -0.3 is 19.2 Å². The number of ketones is 1. The predicted molar refractivity (Wildman–Crippen MR) is 109 cm³/mol. The molecule has 8 heteroatoms. The van der Waals surface area contributed by atoms with Gasteiger partial charge in [0.1, 0.15) is 23.7 Å². The van der Waals surface area contributed by atoms with Gasteiger partial charge in [-0.25, -0.2) is 4.79 Å². The summed E-state index contributed by atoms with van der Waals surface area (Å²) in [4.78, 5) is 26.9. The third kappa shape index (κ3) is 6.04. The van der Waals surface area contributed by atoms with E-state index in [1.807, 2.05) is 13.0 Å². The number of unbranched alkanes of at least 4 members (excludes halogenated alkanes) is 1. The molecule has 1 atom stereocenters. The van der Waals surface area contributed by atoms with Gasteiger partial charge in [0.25, 0.3) is 0 Å². The lowest BCUT2D eigenvalue weighted by atomic mass is 9.64. The number of para-hydroxylation sites is 1. The van der Waals surface area contributed by atoms with E-state index in [2.05, 4.69) is 4.90 Å². The Morgan fingerprint density at radius 2 is 2.10 bits per heavy atom. The summed E-state index contributed by atoms with van der Waals surface area (Å²) in [6.45, 7) is 6.08. The molecule has 2 aliphatic heterocycles. The Bertz CT molecular complexity index is 706. The van der Waals surface area contributed by atoms with Gasteiger partial charge in [-0.2, -0.15) is 0 Å². The van der Waals surface area contributed by atoms with E-state index < -0.39 is 13.1 Å². The maximum absolute atomic E-state index is 12.6. The fourth-order valence-electron chi connectivity index (χ4n) is 3.76. The standard InChI is InChI=1S/C21H30BNO6/c1-2-3-6-18(24)15-17-14-16-5-4-7-19(20(16)29-22(17)26)21(25)28-13-10-23-8-11-27-12-9-23/h4-5,7,17,26H,2-3,6,8-15H2,1H3/t17-/m1/s1. The van der Waals surface area contributed by atoms with Crippen molar-refractivity contribution < 1.29 is 28.7 Å². The summed E-state index contributed by atoms with van der Waals surface area (Å²) >= 11 is 0. The van der Waals surface area contributed by atoms with Crippen LogP contribution in [-0.4, -0.2) is 68.2 Å². The molecule has 0 radical (unpaired) electrons. The van der Waals surface area contributed by atoms with Crippen LogP contribution in [0.2, 0.25) is 5.82 Å². The molecule has 1 saturated heterocycles. The summed E-state index contributed by atoms with van der Waals surface area (Å²) < 4.78 is 16.4. The minimum atomic E-state index is -1.10. The molecule has 1 fully saturated rings. The van der Waals surface area contributed by atoms with Gasteiger partial charge in [0.2, 0.25) is 0 Å². The average molecular weight is 403 g/mol. The van der Waals surface area contributed by atoms with Crippen molar-refractivity contribution in [3.05, 3.63) is 29.3 Å². The van der Waals surface area contributed by atoms with Gasteiger partial charge >= 0.3 is 13.1 Å². The number of Topliss-reactive ketones (excluding diaryl/α,β-unsaturated/α-hetero) is 1. The summed E-state index contributed by atoms with van der Waals surface area (Å²) in [6.07, 6.45) is 3.15. The van der Waals surface area contributed by atoms with Gasteiger partial charge in [0, 0.05) is 38.3 Å². The fraction of sp³-hybridized carbons (Fsp3) is 0.619. The van der Waals surface area contributed by atoms with Gasteiger partial charge in [-0.15, -0.1) is 0 Å². The predicted octanol–water partition coefficient (Wildman–Crippen LogP) is 2.11. The number of fused-ring (bicyclic) bond motifs is 1. The highest BCUT2D eigenvalue weighted by Crippen LogP contribution is 2.36. The molecule has 1 aromatic carbocycles. The number of carbonyl (C=O) groups is 2. The van der Waals surface area contributed by atoms with E-state index in [1.54, 1.807) is 12.1 Å². The topological polar surface area (TPSA) is 85.3 Å². The van der Waals surface area contributed by atoms with Crippen LogP contribution in [0.25, 0.3) is 0 Å². The molecule has 158 valence electrons. The number of benzene rings is 1. The molecule has 1 N–H and O–H groups in total. The summed E-state index contributed by atoms with van der Waals surface area (Å²) in [5, 5.41) is 10.4. The second kappa shape index (κ2) is 10.8. The van der Waals surface area contributed by atoms with Crippen LogP contribution >= 0.6 is 0 Å². The third-order valence-corrected chi connectivity index (χ3v) is 5.48. The summed E-state index contributed by atoms with van der Waals surface area (Å²) in [6, 6.07) is 5.30. The Kier molecular flexibility index (Phi) is 8.09. The lowest BCUT2D eigenvalue weighted by Gasteiger charge is -2.28. The number of hydrogen-bond donors (Lipinski definition) is 1. The van der Waals surface area contributed by atoms with Gasteiger partial charge in [0.15, 0.2) is 0 Å². The maximum Gasteiger partial charge on any atom is 0.526 e. The van der Waals surface area contributed by atoms with Crippen LogP contribution in [0.4, 0.5) is 0 Å². The van der Waals surface area contributed by atoms with Crippen molar-refractivity contribution in [2.45, 2.75) is 44.8 Å². The minimum absolute atomic E-state index is 0.140. The smallest absolute Gasteiger partial charge is 0.526 e. The highest BCUT2D eigenvalue weighted by atomic mass is 16.5. The summed E-state index contributed by atoms with van der Waals surface area (Å²) in [7, 11) is -1.10. The largest absolute Gasteiger partial charge is 0.535 e. The van der Waals surface area contributed by atoms with Crippen LogP contribution in [0.3, 0.4) is 0 Å². The van der Waals surface area contributed by atoms with Crippen molar-refractivity contribution in [3.8, 4) is 5.75 Å². The van der Waals surface area contributed by atoms with Crippen LogP contribution < -0.4 is 4.65 Å². The first-order valence-electron chi connectivity index (χ1n) is 10.5. The second-order valence-electron chi connectivity index (χ2n) is 7.70. The summed E-state index contributed by atoms with van der Waals surface area (Å²) in [5.74, 6) is -0.241. The Balaban J connectivity index is 1.58. The third-order valence-electron chi connectivity index (χ3n) is 5.48. The second-order valence-corrected chi connectivity index (χ2v) is 7.70. The van der Waals surface area contributed by atoms with Crippen molar-refractivity contribution >= 4 is 18.9 Å². The number of nitrogens with zero attached hydrogens (tertiary/aromatic N) is 1. The molecule has 1 aromatic rings. The Hall–Kier alpha value is -1.90. The van der Waals surface area contributed by atoms with E-state index in [-0.39, 0.29) is 18.0 Å². The van der Waals surface area contributed by atoms with E-state index in [0.717, 1.165) is 31.5 Å². The molecule has 2 heterocycles. The molecule has 29 heavy (non-hydrogen) atoms. The normalized spacial score (nSPS) is 19.4. The van der Waals surface area contributed by atoms with Crippen LogP contribution in [0.15, 0.2) is 18.2 Å². The van der Waals surface area contributed by atoms with E-state index in [0.29, 0.717) is 50.5 Å². The fourth-order valence-corrected chi connectivity index (χ4v) is 3.76. The first kappa shape index (κ1) is 21.8. The first-order valence-corrected chi connectivity index (χ1v) is 10.5. The molecule has 0 unspecified atom stereocenters. The zero-order valence-electron chi connectivity index (χ0n) is 17.1. The lowest BCUT2D eigenvalue weighted by Crippen LogP contribution is -2.38. The van der Waals surface area contributed by atoms with Crippen LogP contribution in [0.5, 0.6) is 5.75 Å². The highest BCUT2D eigenvalue weighted by Gasteiger charge is 2.37. The molecule has 0 bridgehead atoms. The maximum atomic E-state index is 12.6. The number of ether oxygens (including phenoxy) is 2. The van der Waals surface area contributed by atoms with E-state index in [9.17, 15) is 14.6 Å². The number of carbonyl (C=O) groups excluding carboxylic acids is 2. The van der Waals surface area contributed by atoms with Crippen molar-refractivity contribution in [1.29, 1.82) is 0 Å². The molecule has 0 aromatic heterocycles. The quantitative estimate of drug-likeness (QED) is 0.499. The number of morpholine rings is 1. The number of esters is 1. The van der Waals surface area contributed by atoms with Crippen LogP contribution in [0, 0.1) is 0 Å². The molecular formula is C21H30BNO6. The van der Waals surface area contributed by atoms with E-state index >= 15 is 0 Å². The molecule has 0 saturated carbocycles. The van der Waals surface area contributed by atoms with Crippen molar-refractivity contribution in [2.75, 3.05) is 39.5 Å². The van der Waals surface area contributed by atoms with Crippen LogP contribution in [0.1, 0.15) is 48.5 Å². The molecule has 0 amide bonds. The first-order chi connectivity index (χ1) is 14.1. The van der Waals surface area contributed by atoms with Crippen LogP contribution in [-0.2, 0) is 20.7 Å². The molecular weight excluding hydrogens is 373 g/mol. The summed E-state index contributed by atoms with van der Waals surface area (Å²) in [5.41, 5.74) is 1.14. The Morgan fingerprint density at radius 3 is 2.86 bits per heavy atom. The molecule has 7 nitrogen and oxygen atoms in total. The van der Waals surface area contributed by atoms with Crippen molar-refractivity contribution in [3.63, 3.8) is 0 Å².